The minimum atomic E-state index is -1.16. The van der Waals surface area contributed by atoms with Gasteiger partial charge in [-0.3, -0.25) is 43.7 Å². The number of aryl methyl sites for hydroxylation is 1. The van der Waals surface area contributed by atoms with Crippen molar-refractivity contribution in [1.29, 1.82) is 0 Å². The molecule has 0 radical (unpaired) electrons. The van der Waals surface area contributed by atoms with Crippen LogP contribution in [0.3, 0.4) is 0 Å². The second-order valence-corrected chi connectivity index (χ2v) is 24.9. The molecule has 9 rings (SSSR count). The lowest BCUT2D eigenvalue weighted by atomic mass is 9.76. The summed E-state index contributed by atoms with van der Waals surface area (Å²) in [5.41, 5.74) is 4.97. The number of imide groups is 2. The monoisotopic (exact) mass is 1140 g/mol. The molecule has 0 spiro atoms. The molecule has 1 aliphatic carbocycles. The Labute approximate surface area is 488 Å². The lowest BCUT2D eigenvalue weighted by molar-refractivity contribution is -0.136. The molecule has 5 atom stereocenters. The Morgan fingerprint density at radius 1 is 0.855 bits per heavy atom. The fourth-order valence-electron chi connectivity index (χ4n) is 12.4. The van der Waals surface area contributed by atoms with Gasteiger partial charge in [0.25, 0.3) is 11.8 Å². The van der Waals surface area contributed by atoms with Crippen molar-refractivity contribution < 1.29 is 43.7 Å². The number of imidazole rings is 2. The fraction of sp³-hybridized carbons (Fsp3) is 0.635. The Bertz CT molecular complexity index is 3020. The summed E-state index contributed by atoms with van der Waals surface area (Å²) in [6.07, 6.45) is 20.4. The Kier molecular flexibility index (Phi) is 21.0. The van der Waals surface area contributed by atoms with Crippen molar-refractivity contribution in [3.05, 3.63) is 71.6 Å². The van der Waals surface area contributed by atoms with Crippen LogP contribution in [0.1, 0.15) is 208 Å². The highest BCUT2D eigenvalue weighted by Gasteiger charge is 2.48. The summed E-state index contributed by atoms with van der Waals surface area (Å²) >= 11 is 0. The molecule has 2 aromatic carbocycles. The molecule has 4 aliphatic rings. The van der Waals surface area contributed by atoms with Crippen LogP contribution in [0.5, 0.6) is 5.75 Å². The van der Waals surface area contributed by atoms with Gasteiger partial charge in [0.1, 0.15) is 42.3 Å². The first-order valence-electron chi connectivity index (χ1n) is 31.0. The predicted molar refractivity (Wildman–Crippen MR) is 317 cm³/mol. The van der Waals surface area contributed by atoms with Crippen LogP contribution in [0, 0.1) is 5.92 Å². The number of hydrogen-bond acceptors (Lipinski definition) is 15. The number of hydrogen-bond donors (Lipinski definition) is 6. The summed E-state index contributed by atoms with van der Waals surface area (Å²) in [6.45, 7) is 13.2. The highest BCUT2D eigenvalue weighted by Crippen LogP contribution is 2.39. The fourth-order valence-corrected chi connectivity index (χ4v) is 12.4. The van der Waals surface area contributed by atoms with Crippen LogP contribution >= 0.6 is 0 Å². The molecule has 2 saturated heterocycles. The standard InChI is InChI=1S/C63H89N11O9/c1-40(2)72(43-34-41(35-43)25-29-50-69-45-27-26-42(63(3,4)5)36-46(45)70-50)37-49-55(77)56(78)62(83-49)73-39-68-54-57(66-38-67-58(54)73)65-32-19-18-31-64-51(75)24-17-15-13-11-9-7-6-8-10-12-14-16-20-33-82-48-23-21-22-44-53(48)61(81)74(60(44)80)47-28-30-52(76)71-59(47)79/h21-23,26-27,36,38-41,43,47,49,55-56,62,77-78H,6-20,24-25,28-35,37H2,1-5H3,(H,64,75)(H,69,70)(H,65,66,67)(H,71,76,79)/t41?,43?,47?,49-,55+,56+,62-/m1/s1. The predicted octanol–water partition coefficient (Wildman–Crippen LogP) is 8.99. The van der Waals surface area contributed by atoms with Gasteiger partial charge in [0, 0.05) is 51.0 Å². The SMILES string of the molecule is CC(C)N(C[C@H]1O[C@@H](n2cnc3c(NCCCCNC(=O)CCCCCCCCCCCCCCCOc4cccc5c4C(=O)N(C4CCC(=O)NC4=O)C5=O)ncnc32)[C@@H](O)[C@H]1O)C1CC(CCc2nc3ccc(C(C)(C)C)cc3[nH]2)C1. The van der Waals surface area contributed by atoms with Gasteiger partial charge in [-0.15, -0.1) is 0 Å². The molecule has 5 amide bonds. The maximum absolute atomic E-state index is 13.3. The third-order valence-electron chi connectivity index (χ3n) is 17.3. The third-order valence-corrected chi connectivity index (χ3v) is 17.3. The summed E-state index contributed by atoms with van der Waals surface area (Å²) in [5.74, 6) is 0.540. The molecule has 1 unspecified atom stereocenters. The highest BCUT2D eigenvalue weighted by molar-refractivity contribution is 6.24. The number of benzene rings is 2. The van der Waals surface area contributed by atoms with Crippen LogP contribution in [0.2, 0.25) is 0 Å². The van der Waals surface area contributed by atoms with Gasteiger partial charge in [0.2, 0.25) is 17.7 Å². The number of aromatic amines is 1. The van der Waals surface area contributed by atoms with E-state index in [9.17, 15) is 34.2 Å². The van der Waals surface area contributed by atoms with Gasteiger partial charge < -0.3 is 35.3 Å². The maximum atomic E-state index is 13.3. The summed E-state index contributed by atoms with van der Waals surface area (Å²) < 4.78 is 14.1. The van der Waals surface area contributed by atoms with Gasteiger partial charge in [-0.2, -0.15) is 0 Å². The first-order valence-corrected chi connectivity index (χ1v) is 31.0. The molecule has 450 valence electrons. The lowest BCUT2D eigenvalue weighted by Crippen LogP contribution is -2.54. The smallest absolute Gasteiger partial charge is 0.266 e. The zero-order valence-electron chi connectivity index (χ0n) is 49.5. The van der Waals surface area contributed by atoms with E-state index in [-0.39, 0.29) is 41.3 Å². The molecule has 6 heterocycles. The van der Waals surface area contributed by atoms with Crippen molar-refractivity contribution in [2.24, 2.45) is 5.92 Å². The molecule has 83 heavy (non-hydrogen) atoms. The zero-order valence-corrected chi connectivity index (χ0v) is 49.5. The Hall–Kier alpha value is -6.35. The van der Waals surface area contributed by atoms with Crippen molar-refractivity contribution in [2.45, 2.75) is 224 Å². The number of rotatable bonds is 32. The molecule has 1 saturated carbocycles. The average Bonchev–Trinajstić information content (AvgIpc) is 3.92. The van der Waals surface area contributed by atoms with Crippen molar-refractivity contribution in [3.63, 3.8) is 0 Å². The number of aliphatic hydroxyl groups is 2. The first-order chi connectivity index (χ1) is 40.0. The molecule has 20 nitrogen and oxygen atoms in total. The van der Waals surface area contributed by atoms with E-state index in [0.29, 0.717) is 67.4 Å². The summed E-state index contributed by atoms with van der Waals surface area (Å²) in [6, 6.07) is 11.1. The van der Waals surface area contributed by atoms with Crippen LogP contribution in [0.25, 0.3) is 22.2 Å². The van der Waals surface area contributed by atoms with Gasteiger partial charge in [-0.25, -0.2) is 19.9 Å². The summed E-state index contributed by atoms with van der Waals surface area (Å²) in [7, 11) is 0. The van der Waals surface area contributed by atoms with E-state index in [0.717, 1.165) is 98.8 Å². The van der Waals surface area contributed by atoms with Gasteiger partial charge in [0.05, 0.1) is 35.1 Å². The van der Waals surface area contributed by atoms with Crippen molar-refractivity contribution in [2.75, 3.05) is 31.6 Å². The van der Waals surface area contributed by atoms with Gasteiger partial charge in [-0.1, -0.05) is 104 Å². The highest BCUT2D eigenvalue weighted by atomic mass is 16.6. The van der Waals surface area contributed by atoms with Crippen molar-refractivity contribution in [1.82, 2.24) is 49.9 Å². The first kappa shape index (κ1) is 61.2. The van der Waals surface area contributed by atoms with E-state index in [1.165, 1.54) is 56.8 Å². The largest absolute Gasteiger partial charge is 0.493 e. The normalized spacial score (nSPS) is 21.8. The zero-order chi connectivity index (χ0) is 58.6. The minimum Gasteiger partial charge on any atom is -0.493 e. The molecule has 0 bridgehead atoms. The van der Waals surface area contributed by atoms with Gasteiger partial charge in [0.15, 0.2) is 23.2 Å². The van der Waals surface area contributed by atoms with E-state index < -0.39 is 54.2 Å². The molecule has 3 aliphatic heterocycles. The summed E-state index contributed by atoms with van der Waals surface area (Å²) in [5, 5.41) is 31.3. The van der Waals surface area contributed by atoms with Crippen LogP contribution in [0.15, 0.2) is 49.1 Å². The Morgan fingerprint density at radius 3 is 2.28 bits per heavy atom. The van der Waals surface area contributed by atoms with Crippen molar-refractivity contribution in [3.8, 4) is 5.75 Å². The second kappa shape index (κ2) is 28.5. The Morgan fingerprint density at radius 2 is 1.57 bits per heavy atom. The van der Waals surface area contributed by atoms with E-state index >= 15 is 0 Å². The number of piperidine rings is 1. The minimum absolute atomic E-state index is 0.0759. The third kappa shape index (κ3) is 15.3. The average molecular weight is 1140 g/mol. The molecule has 3 fully saturated rings. The number of carbonyl (C=O) groups is 5. The number of aromatic nitrogens is 6. The van der Waals surface area contributed by atoms with Gasteiger partial charge >= 0.3 is 0 Å². The van der Waals surface area contributed by atoms with E-state index in [4.69, 9.17) is 14.5 Å². The molecular weight excluding hydrogens is 1050 g/mol. The molecule has 20 heteroatoms. The van der Waals surface area contributed by atoms with Crippen LogP contribution < -0.4 is 20.7 Å². The number of nitrogens with zero attached hydrogens (tertiary/aromatic N) is 7. The van der Waals surface area contributed by atoms with Crippen LogP contribution in [-0.2, 0) is 31.0 Å². The van der Waals surface area contributed by atoms with Gasteiger partial charge in [-0.05, 0) is 106 Å². The van der Waals surface area contributed by atoms with E-state index in [1.54, 1.807) is 29.1 Å². The Balaban J connectivity index is 0.575. The number of nitrogens with one attached hydrogen (secondary N) is 4. The summed E-state index contributed by atoms with van der Waals surface area (Å²) in [4.78, 5) is 88.3. The van der Waals surface area contributed by atoms with Crippen molar-refractivity contribution >= 4 is 57.6 Å². The number of anilines is 1. The van der Waals surface area contributed by atoms with E-state index in [1.807, 2.05) is 0 Å². The molecule has 5 aromatic rings. The number of H-pyrrole nitrogens is 1. The number of fused-ring (bicyclic) bond motifs is 3. The molecule has 3 aromatic heterocycles. The number of aliphatic hydroxyl groups excluding tert-OH is 2. The number of amides is 5. The number of carbonyl (C=O) groups excluding carboxylic acids is 5. The van der Waals surface area contributed by atoms with Crippen LogP contribution in [0.4, 0.5) is 5.82 Å². The second-order valence-electron chi connectivity index (χ2n) is 24.9. The van der Waals surface area contributed by atoms with E-state index in [2.05, 4.69) is 93.6 Å². The topological polar surface area (TPSA) is 259 Å². The quantitative estimate of drug-likeness (QED) is 0.0173. The number of unbranched alkanes of at least 4 members (excludes halogenated alkanes) is 13. The lowest BCUT2D eigenvalue weighted by Gasteiger charge is -2.46. The van der Waals surface area contributed by atoms with Crippen LogP contribution in [-0.4, -0.2) is 142 Å². The number of ether oxygens (including phenoxy) is 2. The molecular formula is C63H89N11O9. The maximum Gasteiger partial charge on any atom is 0.266 e. The molecule has 6 N–H and O–H groups in total.